The standard InChI is InChI=1S/C14H20N4O3.ClH/c1-10(11-8-15-9-11)14(19)17-7-6-16-12-4-2-3-5-13(12)18(20)21;/h2-5,10-11,15-16H,6-9H2,1H3,(H,17,19);1H. The molecule has 0 bridgehead atoms. The van der Waals surface area contributed by atoms with Gasteiger partial charge in [-0.1, -0.05) is 19.1 Å². The maximum atomic E-state index is 11.9. The molecular formula is C14H21ClN4O3. The smallest absolute Gasteiger partial charge is 0.292 e. The number of rotatable bonds is 7. The summed E-state index contributed by atoms with van der Waals surface area (Å²) in [6, 6.07) is 6.47. The van der Waals surface area contributed by atoms with Crippen LogP contribution in [0.3, 0.4) is 0 Å². The van der Waals surface area contributed by atoms with E-state index in [1.165, 1.54) is 6.07 Å². The van der Waals surface area contributed by atoms with E-state index in [2.05, 4.69) is 16.0 Å². The van der Waals surface area contributed by atoms with E-state index in [0.717, 1.165) is 13.1 Å². The van der Waals surface area contributed by atoms with Crippen LogP contribution < -0.4 is 16.0 Å². The lowest BCUT2D eigenvalue weighted by Crippen LogP contribution is -2.50. The minimum absolute atomic E-state index is 0. The zero-order valence-electron chi connectivity index (χ0n) is 12.4. The van der Waals surface area contributed by atoms with E-state index in [1.807, 2.05) is 6.92 Å². The van der Waals surface area contributed by atoms with Crippen molar-refractivity contribution in [1.29, 1.82) is 0 Å². The van der Waals surface area contributed by atoms with E-state index in [1.54, 1.807) is 18.2 Å². The zero-order chi connectivity index (χ0) is 15.2. The summed E-state index contributed by atoms with van der Waals surface area (Å²) in [5, 5.41) is 19.8. The molecule has 1 amide bonds. The van der Waals surface area contributed by atoms with Crippen LogP contribution in [0.15, 0.2) is 24.3 Å². The molecule has 1 aromatic carbocycles. The number of hydrogen-bond acceptors (Lipinski definition) is 5. The molecule has 1 aromatic rings. The van der Waals surface area contributed by atoms with Gasteiger partial charge in [0.1, 0.15) is 5.69 Å². The molecule has 0 aliphatic carbocycles. The van der Waals surface area contributed by atoms with Gasteiger partial charge in [0.15, 0.2) is 0 Å². The Hall–Kier alpha value is -1.86. The Labute approximate surface area is 135 Å². The van der Waals surface area contributed by atoms with Gasteiger partial charge >= 0.3 is 0 Å². The molecule has 1 aliphatic rings. The highest BCUT2D eigenvalue weighted by Gasteiger charge is 2.28. The maximum absolute atomic E-state index is 11.9. The van der Waals surface area contributed by atoms with Crippen molar-refractivity contribution in [3.05, 3.63) is 34.4 Å². The van der Waals surface area contributed by atoms with Crippen molar-refractivity contribution in [3.63, 3.8) is 0 Å². The fraction of sp³-hybridized carbons (Fsp3) is 0.500. The molecule has 1 heterocycles. The second-order valence-electron chi connectivity index (χ2n) is 5.20. The molecule has 1 atom stereocenters. The maximum Gasteiger partial charge on any atom is 0.292 e. The zero-order valence-corrected chi connectivity index (χ0v) is 13.2. The number of nitrogens with zero attached hydrogens (tertiary/aromatic N) is 1. The molecule has 1 fully saturated rings. The Morgan fingerprint density at radius 3 is 2.68 bits per heavy atom. The van der Waals surface area contributed by atoms with Crippen LogP contribution in [0.5, 0.6) is 0 Å². The fourth-order valence-electron chi connectivity index (χ4n) is 2.20. The van der Waals surface area contributed by atoms with Crippen molar-refractivity contribution < 1.29 is 9.72 Å². The molecule has 1 saturated heterocycles. The number of hydrogen-bond donors (Lipinski definition) is 3. The molecule has 3 N–H and O–H groups in total. The minimum Gasteiger partial charge on any atom is -0.378 e. The van der Waals surface area contributed by atoms with Crippen LogP contribution in [-0.2, 0) is 4.79 Å². The second-order valence-corrected chi connectivity index (χ2v) is 5.20. The predicted octanol–water partition coefficient (Wildman–Crippen LogP) is 1.40. The van der Waals surface area contributed by atoms with Gasteiger partial charge in [0.2, 0.25) is 5.91 Å². The summed E-state index contributed by atoms with van der Waals surface area (Å²) in [5.41, 5.74) is 0.505. The first-order chi connectivity index (χ1) is 10.1. The van der Waals surface area contributed by atoms with Gasteiger partial charge in [0.25, 0.3) is 5.69 Å². The predicted molar refractivity (Wildman–Crippen MR) is 87.4 cm³/mol. The third-order valence-electron chi connectivity index (χ3n) is 3.77. The summed E-state index contributed by atoms with van der Waals surface area (Å²) in [4.78, 5) is 22.3. The van der Waals surface area contributed by atoms with Crippen LogP contribution in [0.1, 0.15) is 6.92 Å². The summed E-state index contributed by atoms with van der Waals surface area (Å²) in [7, 11) is 0. The van der Waals surface area contributed by atoms with E-state index in [0.29, 0.717) is 24.7 Å². The third kappa shape index (κ3) is 4.57. The lowest BCUT2D eigenvalue weighted by Gasteiger charge is -2.31. The summed E-state index contributed by atoms with van der Waals surface area (Å²) >= 11 is 0. The van der Waals surface area contributed by atoms with Crippen molar-refractivity contribution in [3.8, 4) is 0 Å². The number of para-hydroxylation sites is 2. The number of halogens is 1. The Balaban J connectivity index is 0.00000242. The molecule has 2 rings (SSSR count). The summed E-state index contributed by atoms with van der Waals surface area (Å²) < 4.78 is 0. The number of nitrogens with one attached hydrogen (secondary N) is 3. The lowest BCUT2D eigenvalue weighted by molar-refractivity contribution is -0.384. The molecule has 0 spiro atoms. The molecule has 8 heteroatoms. The van der Waals surface area contributed by atoms with E-state index in [4.69, 9.17) is 0 Å². The SMILES string of the molecule is CC(C(=O)NCCNc1ccccc1[N+](=O)[O-])C1CNC1.Cl. The molecule has 122 valence electrons. The average molecular weight is 329 g/mol. The fourth-order valence-corrected chi connectivity index (χ4v) is 2.20. The summed E-state index contributed by atoms with van der Waals surface area (Å²) in [6.45, 7) is 4.60. The van der Waals surface area contributed by atoms with Gasteiger partial charge in [0, 0.05) is 25.1 Å². The number of nitro groups is 1. The van der Waals surface area contributed by atoms with Gasteiger partial charge in [-0.3, -0.25) is 14.9 Å². The van der Waals surface area contributed by atoms with Crippen molar-refractivity contribution in [2.45, 2.75) is 6.92 Å². The van der Waals surface area contributed by atoms with Crippen molar-refractivity contribution in [2.75, 3.05) is 31.5 Å². The van der Waals surface area contributed by atoms with Gasteiger partial charge < -0.3 is 16.0 Å². The lowest BCUT2D eigenvalue weighted by atomic mass is 9.88. The van der Waals surface area contributed by atoms with Crippen LogP contribution in [-0.4, -0.2) is 37.0 Å². The van der Waals surface area contributed by atoms with E-state index in [-0.39, 0.29) is 29.9 Å². The Bertz CT molecular complexity index is 523. The Kier molecular flexibility index (Phi) is 7.07. The molecule has 1 unspecified atom stereocenters. The first-order valence-electron chi connectivity index (χ1n) is 7.05. The summed E-state index contributed by atoms with van der Waals surface area (Å²) in [6.07, 6.45) is 0. The van der Waals surface area contributed by atoms with Crippen LogP contribution in [0, 0.1) is 22.0 Å². The highest BCUT2D eigenvalue weighted by atomic mass is 35.5. The highest BCUT2D eigenvalue weighted by molar-refractivity contribution is 5.85. The first kappa shape index (κ1) is 18.2. The number of anilines is 1. The van der Waals surface area contributed by atoms with Gasteiger partial charge in [-0.2, -0.15) is 0 Å². The van der Waals surface area contributed by atoms with Crippen LogP contribution in [0.2, 0.25) is 0 Å². The Morgan fingerprint density at radius 1 is 1.41 bits per heavy atom. The number of amides is 1. The van der Waals surface area contributed by atoms with E-state index < -0.39 is 4.92 Å². The third-order valence-corrected chi connectivity index (χ3v) is 3.77. The average Bonchev–Trinajstić information content (AvgIpc) is 2.41. The minimum atomic E-state index is -0.424. The van der Waals surface area contributed by atoms with Crippen LogP contribution in [0.25, 0.3) is 0 Å². The number of nitro benzene ring substituents is 1. The number of benzene rings is 1. The van der Waals surface area contributed by atoms with Crippen LogP contribution in [0.4, 0.5) is 11.4 Å². The van der Waals surface area contributed by atoms with Gasteiger partial charge in [-0.25, -0.2) is 0 Å². The largest absolute Gasteiger partial charge is 0.378 e. The second kappa shape index (κ2) is 8.55. The van der Waals surface area contributed by atoms with Crippen molar-refractivity contribution >= 4 is 29.7 Å². The molecule has 0 radical (unpaired) electrons. The van der Waals surface area contributed by atoms with E-state index in [9.17, 15) is 14.9 Å². The molecule has 0 saturated carbocycles. The molecule has 7 nitrogen and oxygen atoms in total. The Morgan fingerprint density at radius 2 is 2.09 bits per heavy atom. The monoisotopic (exact) mass is 328 g/mol. The molecule has 22 heavy (non-hydrogen) atoms. The normalized spacial score (nSPS) is 15.1. The number of carbonyl (C=O) groups excluding carboxylic acids is 1. The van der Waals surface area contributed by atoms with Gasteiger partial charge in [0.05, 0.1) is 4.92 Å². The van der Waals surface area contributed by atoms with Crippen molar-refractivity contribution in [1.82, 2.24) is 10.6 Å². The van der Waals surface area contributed by atoms with Gasteiger partial charge in [-0.15, -0.1) is 12.4 Å². The van der Waals surface area contributed by atoms with Gasteiger partial charge in [-0.05, 0) is 25.1 Å². The quantitative estimate of drug-likeness (QED) is 0.399. The topological polar surface area (TPSA) is 96.3 Å². The molecule has 0 aromatic heterocycles. The van der Waals surface area contributed by atoms with Crippen LogP contribution >= 0.6 is 12.4 Å². The highest BCUT2D eigenvalue weighted by Crippen LogP contribution is 2.22. The summed E-state index contributed by atoms with van der Waals surface area (Å²) in [5.74, 6) is 0.441. The molecule has 1 aliphatic heterocycles. The molecular weight excluding hydrogens is 308 g/mol. The number of carbonyl (C=O) groups is 1. The first-order valence-corrected chi connectivity index (χ1v) is 7.05. The van der Waals surface area contributed by atoms with E-state index >= 15 is 0 Å². The van der Waals surface area contributed by atoms with Crippen molar-refractivity contribution in [2.24, 2.45) is 11.8 Å².